The average molecular weight is 380 g/mol. The fourth-order valence-corrected chi connectivity index (χ4v) is 4.83. The lowest BCUT2D eigenvalue weighted by atomic mass is 10.1. The fraction of sp³-hybridized carbons (Fsp3) is 0.952. The van der Waals surface area contributed by atoms with Crippen molar-refractivity contribution in [2.24, 2.45) is 10.9 Å². The number of nitrogens with one attached hydrogen (secondary N) is 1. The van der Waals surface area contributed by atoms with E-state index in [1.165, 1.54) is 45.3 Å². The molecule has 0 aromatic rings. The molecule has 6 nitrogen and oxygen atoms in total. The van der Waals surface area contributed by atoms with Gasteiger partial charge in [0, 0.05) is 44.8 Å². The molecular formula is C21H41N5O. The van der Waals surface area contributed by atoms with E-state index < -0.39 is 0 Å². The largest absolute Gasteiger partial charge is 0.379 e. The van der Waals surface area contributed by atoms with Crippen molar-refractivity contribution in [1.29, 1.82) is 0 Å². The van der Waals surface area contributed by atoms with Crippen LogP contribution in [0.1, 0.15) is 46.5 Å². The van der Waals surface area contributed by atoms with E-state index in [1.807, 2.05) is 0 Å². The van der Waals surface area contributed by atoms with Gasteiger partial charge in [0.25, 0.3) is 0 Å². The molecule has 0 amide bonds. The highest BCUT2D eigenvalue weighted by atomic mass is 16.5. The van der Waals surface area contributed by atoms with Crippen LogP contribution in [0.3, 0.4) is 0 Å². The molecule has 3 atom stereocenters. The van der Waals surface area contributed by atoms with E-state index >= 15 is 0 Å². The maximum atomic E-state index is 5.58. The molecule has 0 aromatic carbocycles. The van der Waals surface area contributed by atoms with E-state index in [1.54, 1.807) is 0 Å². The fourth-order valence-electron chi connectivity index (χ4n) is 4.83. The van der Waals surface area contributed by atoms with Crippen molar-refractivity contribution < 1.29 is 4.74 Å². The SMILES string of the molecule is CCNC(=NCC(C)N1CCOCC1C)N1CCC(CN2CCCCC2)C1. The molecule has 0 bridgehead atoms. The Hall–Kier alpha value is -0.850. The Bertz CT molecular complexity index is 465. The highest BCUT2D eigenvalue weighted by molar-refractivity contribution is 5.80. The molecule has 3 rings (SSSR count). The van der Waals surface area contributed by atoms with Gasteiger partial charge in [0.1, 0.15) is 0 Å². The monoisotopic (exact) mass is 379 g/mol. The van der Waals surface area contributed by atoms with Gasteiger partial charge >= 0.3 is 0 Å². The Balaban J connectivity index is 1.50. The van der Waals surface area contributed by atoms with E-state index in [9.17, 15) is 0 Å². The molecule has 3 fully saturated rings. The first-order valence-electron chi connectivity index (χ1n) is 11.3. The van der Waals surface area contributed by atoms with Crippen molar-refractivity contribution in [3.05, 3.63) is 0 Å². The van der Waals surface area contributed by atoms with Crippen LogP contribution in [0.15, 0.2) is 4.99 Å². The second kappa shape index (κ2) is 10.6. The number of guanidine groups is 1. The molecular weight excluding hydrogens is 338 g/mol. The van der Waals surface area contributed by atoms with Crippen LogP contribution >= 0.6 is 0 Å². The van der Waals surface area contributed by atoms with Crippen LogP contribution in [-0.2, 0) is 4.74 Å². The van der Waals surface area contributed by atoms with Gasteiger partial charge in [-0.2, -0.15) is 0 Å². The predicted octanol–water partition coefficient (Wildman–Crippen LogP) is 1.87. The number of hydrogen-bond donors (Lipinski definition) is 1. The first kappa shape index (κ1) is 20.9. The lowest BCUT2D eigenvalue weighted by molar-refractivity contribution is -0.0166. The smallest absolute Gasteiger partial charge is 0.193 e. The molecule has 1 N–H and O–H groups in total. The highest BCUT2D eigenvalue weighted by Gasteiger charge is 2.28. The van der Waals surface area contributed by atoms with Gasteiger partial charge in [-0.1, -0.05) is 6.42 Å². The van der Waals surface area contributed by atoms with E-state index in [2.05, 4.69) is 40.8 Å². The summed E-state index contributed by atoms with van der Waals surface area (Å²) >= 11 is 0. The number of aliphatic imine (C=N–C) groups is 1. The molecule has 0 spiro atoms. The van der Waals surface area contributed by atoms with Crippen molar-refractivity contribution in [2.45, 2.75) is 58.5 Å². The molecule has 3 saturated heterocycles. The third kappa shape index (κ3) is 6.06. The average Bonchev–Trinajstić information content (AvgIpc) is 3.14. The summed E-state index contributed by atoms with van der Waals surface area (Å²) in [6.45, 7) is 17.4. The van der Waals surface area contributed by atoms with Crippen LogP contribution in [0.5, 0.6) is 0 Å². The van der Waals surface area contributed by atoms with Crippen molar-refractivity contribution >= 4 is 5.96 Å². The van der Waals surface area contributed by atoms with Crippen molar-refractivity contribution in [3.63, 3.8) is 0 Å². The molecule has 0 aliphatic carbocycles. The molecule has 3 aliphatic rings. The molecule has 0 aromatic heterocycles. The molecule has 0 radical (unpaired) electrons. The van der Waals surface area contributed by atoms with Crippen LogP contribution in [0.2, 0.25) is 0 Å². The molecule has 0 saturated carbocycles. The topological polar surface area (TPSA) is 43.3 Å². The molecule has 3 heterocycles. The number of ether oxygens (including phenoxy) is 1. The maximum absolute atomic E-state index is 5.58. The minimum absolute atomic E-state index is 0.462. The zero-order valence-electron chi connectivity index (χ0n) is 17.8. The van der Waals surface area contributed by atoms with E-state index in [-0.39, 0.29) is 0 Å². The number of piperidine rings is 1. The summed E-state index contributed by atoms with van der Waals surface area (Å²) in [5.74, 6) is 1.91. The predicted molar refractivity (Wildman–Crippen MR) is 112 cm³/mol. The Kier molecular flexibility index (Phi) is 8.22. The lowest BCUT2D eigenvalue weighted by Crippen LogP contribution is -2.49. The Morgan fingerprint density at radius 3 is 2.74 bits per heavy atom. The van der Waals surface area contributed by atoms with Crippen LogP contribution in [0.4, 0.5) is 0 Å². The summed E-state index contributed by atoms with van der Waals surface area (Å²) in [6.07, 6.45) is 5.50. The van der Waals surface area contributed by atoms with Crippen molar-refractivity contribution in [2.75, 3.05) is 65.6 Å². The minimum atomic E-state index is 0.462. The number of nitrogens with zero attached hydrogens (tertiary/aromatic N) is 4. The van der Waals surface area contributed by atoms with E-state index in [4.69, 9.17) is 9.73 Å². The number of rotatable bonds is 6. The van der Waals surface area contributed by atoms with Crippen molar-refractivity contribution in [1.82, 2.24) is 20.0 Å². The second-order valence-corrected chi connectivity index (χ2v) is 8.67. The van der Waals surface area contributed by atoms with Crippen LogP contribution in [0.25, 0.3) is 0 Å². The maximum Gasteiger partial charge on any atom is 0.193 e. The first-order chi connectivity index (χ1) is 13.2. The van der Waals surface area contributed by atoms with Gasteiger partial charge < -0.3 is 19.9 Å². The normalized spacial score (nSPS) is 29.9. The molecule has 6 heteroatoms. The summed E-state index contributed by atoms with van der Waals surface area (Å²) in [5, 5.41) is 3.54. The van der Waals surface area contributed by atoms with E-state index in [0.717, 1.165) is 57.8 Å². The van der Waals surface area contributed by atoms with Gasteiger partial charge in [0.15, 0.2) is 5.96 Å². The van der Waals surface area contributed by atoms with Crippen LogP contribution in [-0.4, -0.2) is 98.3 Å². The summed E-state index contributed by atoms with van der Waals surface area (Å²) in [7, 11) is 0. The molecule has 27 heavy (non-hydrogen) atoms. The third-order valence-electron chi connectivity index (χ3n) is 6.38. The summed E-state index contributed by atoms with van der Waals surface area (Å²) in [4.78, 5) is 12.7. The summed E-state index contributed by atoms with van der Waals surface area (Å²) < 4.78 is 5.58. The quantitative estimate of drug-likeness (QED) is 0.564. The van der Waals surface area contributed by atoms with Gasteiger partial charge in [-0.15, -0.1) is 0 Å². The number of likely N-dealkylation sites (tertiary alicyclic amines) is 2. The van der Waals surface area contributed by atoms with Gasteiger partial charge in [-0.3, -0.25) is 9.89 Å². The van der Waals surface area contributed by atoms with Gasteiger partial charge in [-0.05, 0) is 59.0 Å². The zero-order chi connectivity index (χ0) is 19.1. The Morgan fingerprint density at radius 2 is 2.00 bits per heavy atom. The number of morpholine rings is 1. The zero-order valence-corrected chi connectivity index (χ0v) is 17.8. The third-order valence-corrected chi connectivity index (χ3v) is 6.38. The summed E-state index contributed by atoms with van der Waals surface area (Å²) in [5.41, 5.74) is 0. The Morgan fingerprint density at radius 1 is 1.19 bits per heavy atom. The second-order valence-electron chi connectivity index (χ2n) is 8.67. The van der Waals surface area contributed by atoms with Gasteiger partial charge in [-0.25, -0.2) is 0 Å². The molecule has 3 unspecified atom stereocenters. The van der Waals surface area contributed by atoms with Gasteiger partial charge in [0.2, 0.25) is 0 Å². The van der Waals surface area contributed by atoms with Crippen molar-refractivity contribution in [3.8, 4) is 0 Å². The Labute approximate surface area is 166 Å². The van der Waals surface area contributed by atoms with Crippen LogP contribution in [0, 0.1) is 5.92 Å². The first-order valence-corrected chi connectivity index (χ1v) is 11.3. The van der Waals surface area contributed by atoms with E-state index in [0.29, 0.717) is 12.1 Å². The molecule has 156 valence electrons. The standard InChI is InChI=1S/C21H41N5O/c1-4-22-21(23-14-18(2)26-12-13-27-17-19(26)3)25-11-8-20(16-25)15-24-9-6-5-7-10-24/h18-20H,4-17H2,1-3H3,(H,22,23). The van der Waals surface area contributed by atoms with Gasteiger partial charge in [0.05, 0.1) is 19.8 Å². The van der Waals surface area contributed by atoms with Crippen LogP contribution < -0.4 is 5.32 Å². The molecule has 3 aliphatic heterocycles. The summed E-state index contributed by atoms with van der Waals surface area (Å²) in [6, 6.07) is 0.955. The number of hydrogen-bond acceptors (Lipinski definition) is 4. The minimum Gasteiger partial charge on any atom is -0.379 e. The lowest BCUT2D eigenvalue weighted by Gasteiger charge is -2.37. The highest BCUT2D eigenvalue weighted by Crippen LogP contribution is 2.20.